The summed E-state index contributed by atoms with van der Waals surface area (Å²) < 4.78 is 0. The molecule has 4 rings (SSSR count). The summed E-state index contributed by atoms with van der Waals surface area (Å²) in [7, 11) is 0. The number of hydrogen-bond acceptors (Lipinski definition) is 6. The van der Waals surface area contributed by atoms with Crippen molar-refractivity contribution in [2.24, 2.45) is 0 Å². The summed E-state index contributed by atoms with van der Waals surface area (Å²) in [5, 5.41) is 10.8. The molecule has 2 saturated heterocycles. The van der Waals surface area contributed by atoms with Crippen LogP contribution < -0.4 is 4.90 Å². The normalized spacial score (nSPS) is 24.2. The van der Waals surface area contributed by atoms with Gasteiger partial charge in [-0.3, -0.25) is 9.88 Å². The van der Waals surface area contributed by atoms with Gasteiger partial charge in [-0.05, 0) is 25.3 Å². The monoisotopic (exact) mass is 299 g/mol. The minimum atomic E-state index is -0.128. The molecular formula is C16H21N5O. The molecule has 116 valence electrons. The Morgan fingerprint density at radius 2 is 1.95 bits per heavy atom. The predicted octanol–water partition coefficient (Wildman–Crippen LogP) is 1.06. The van der Waals surface area contributed by atoms with Gasteiger partial charge < -0.3 is 10.0 Å². The second-order valence-electron chi connectivity index (χ2n) is 6.25. The van der Waals surface area contributed by atoms with E-state index in [1.54, 1.807) is 18.7 Å². The molecule has 0 bridgehead atoms. The number of hydrogen-bond donors (Lipinski definition) is 1. The van der Waals surface area contributed by atoms with Gasteiger partial charge in [0.15, 0.2) is 0 Å². The van der Waals surface area contributed by atoms with Crippen molar-refractivity contribution in [2.75, 3.05) is 31.1 Å². The highest BCUT2D eigenvalue weighted by atomic mass is 16.3. The van der Waals surface area contributed by atoms with E-state index in [1.165, 1.54) is 0 Å². The predicted molar refractivity (Wildman–Crippen MR) is 84.8 cm³/mol. The quantitative estimate of drug-likeness (QED) is 0.894. The summed E-state index contributed by atoms with van der Waals surface area (Å²) in [4.78, 5) is 17.7. The average molecular weight is 299 g/mol. The van der Waals surface area contributed by atoms with Crippen LogP contribution in [0.3, 0.4) is 0 Å². The van der Waals surface area contributed by atoms with E-state index in [4.69, 9.17) is 0 Å². The molecule has 1 atom stereocenters. The Morgan fingerprint density at radius 1 is 1.09 bits per heavy atom. The van der Waals surface area contributed by atoms with Crippen molar-refractivity contribution >= 4 is 16.7 Å². The van der Waals surface area contributed by atoms with Crippen LogP contribution in [0.2, 0.25) is 0 Å². The van der Waals surface area contributed by atoms with E-state index in [0.29, 0.717) is 6.04 Å². The van der Waals surface area contributed by atoms with Crippen LogP contribution >= 0.6 is 0 Å². The highest BCUT2D eigenvalue weighted by molar-refractivity contribution is 5.88. The molecule has 0 amide bonds. The Balaban J connectivity index is 1.49. The fourth-order valence-electron chi connectivity index (χ4n) is 3.69. The van der Waals surface area contributed by atoms with Crippen molar-refractivity contribution in [3.63, 3.8) is 0 Å². The molecule has 2 aromatic rings. The number of aliphatic hydroxyl groups is 1. The number of aromatic nitrogens is 3. The third-order valence-corrected chi connectivity index (χ3v) is 4.89. The van der Waals surface area contributed by atoms with Crippen molar-refractivity contribution < 1.29 is 5.11 Å². The van der Waals surface area contributed by atoms with Gasteiger partial charge >= 0.3 is 0 Å². The molecule has 0 aromatic carbocycles. The molecule has 6 nitrogen and oxygen atoms in total. The van der Waals surface area contributed by atoms with Gasteiger partial charge in [0.25, 0.3) is 0 Å². The zero-order valence-corrected chi connectivity index (χ0v) is 12.6. The lowest BCUT2D eigenvalue weighted by Gasteiger charge is -2.37. The van der Waals surface area contributed by atoms with E-state index in [1.807, 2.05) is 6.07 Å². The Bertz CT molecular complexity index is 651. The van der Waals surface area contributed by atoms with Crippen LogP contribution in [0.1, 0.15) is 19.3 Å². The number of piperidine rings is 1. The van der Waals surface area contributed by atoms with Gasteiger partial charge in [0.1, 0.15) is 12.1 Å². The van der Waals surface area contributed by atoms with E-state index >= 15 is 0 Å². The lowest BCUT2D eigenvalue weighted by molar-refractivity contribution is 0.148. The van der Waals surface area contributed by atoms with Crippen molar-refractivity contribution in [3.8, 4) is 0 Å². The molecule has 0 spiro atoms. The molecule has 1 unspecified atom stereocenters. The van der Waals surface area contributed by atoms with Crippen molar-refractivity contribution in [1.29, 1.82) is 0 Å². The molecule has 0 saturated carbocycles. The first kappa shape index (κ1) is 13.8. The SMILES string of the molecule is OC1CCN(C2CCN(c3ncnc4cnccc34)CC2)C1. The van der Waals surface area contributed by atoms with Gasteiger partial charge in [-0.15, -0.1) is 0 Å². The van der Waals surface area contributed by atoms with Gasteiger partial charge in [-0.1, -0.05) is 0 Å². The number of β-amino-alcohol motifs (C(OH)–C–C–N with tert-alkyl or cyclic N) is 1. The Kier molecular flexibility index (Phi) is 3.63. The largest absolute Gasteiger partial charge is 0.392 e. The average Bonchev–Trinajstić information content (AvgIpc) is 3.01. The van der Waals surface area contributed by atoms with Crippen LogP contribution in [0.4, 0.5) is 5.82 Å². The first-order valence-electron chi connectivity index (χ1n) is 8.03. The zero-order valence-electron chi connectivity index (χ0n) is 12.6. The second-order valence-corrected chi connectivity index (χ2v) is 6.25. The second kappa shape index (κ2) is 5.78. The maximum absolute atomic E-state index is 9.70. The summed E-state index contributed by atoms with van der Waals surface area (Å²) in [6.07, 6.45) is 8.27. The van der Waals surface area contributed by atoms with Crippen LogP contribution in [-0.4, -0.2) is 63.3 Å². The van der Waals surface area contributed by atoms with Crippen molar-refractivity contribution in [3.05, 3.63) is 24.8 Å². The van der Waals surface area contributed by atoms with Crippen molar-refractivity contribution in [2.45, 2.75) is 31.4 Å². The molecule has 2 fully saturated rings. The molecule has 0 radical (unpaired) electrons. The number of rotatable bonds is 2. The lowest BCUT2D eigenvalue weighted by atomic mass is 10.0. The van der Waals surface area contributed by atoms with Gasteiger partial charge in [0.05, 0.1) is 17.8 Å². The molecule has 6 heteroatoms. The minimum Gasteiger partial charge on any atom is -0.392 e. The molecule has 2 aliphatic heterocycles. The number of anilines is 1. The van der Waals surface area contributed by atoms with Crippen LogP contribution in [0.5, 0.6) is 0 Å². The first-order valence-corrected chi connectivity index (χ1v) is 8.03. The fourth-order valence-corrected chi connectivity index (χ4v) is 3.69. The summed E-state index contributed by atoms with van der Waals surface area (Å²) in [6.45, 7) is 3.89. The molecule has 2 aromatic heterocycles. The Morgan fingerprint density at radius 3 is 2.73 bits per heavy atom. The number of aliphatic hydroxyl groups excluding tert-OH is 1. The molecule has 22 heavy (non-hydrogen) atoms. The lowest BCUT2D eigenvalue weighted by Crippen LogP contribution is -2.44. The maximum Gasteiger partial charge on any atom is 0.139 e. The van der Waals surface area contributed by atoms with Crippen molar-refractivity contribution in [1.82, 2.24) is 19.9 Å². The standard InChI is InChI=1S/C16H21N5O/c22-13-4-8-21(10-13)12-2-6-20(7-3-12)16-14-1-5-17-9-15(14)18-11-19-16/h1,5,9,11-13,22H,2-4,6-8,10H2. The third kappa shape index (κ3) is 2.53. The Labute approximate surface area is 129 Å². The fraction of sp³-hybridized carbons (Fsp3) is 0.562. The summed E-state index contributed by atoms with van der Waals surface area (Å²) in [5.74, 6) is 1.02. The molecule has 0 aliphatic carbocycles. The van der Waals surface area contributed by atoms with Crippen LogP contribution in [0.25, 0.3) is 10.9 Å². The molecule has 2 aliphatic rings. The summed E-state index contributed by atoms with van der Waals surface area (Å²) >= 11 is 0. The van der Waals surface area contributed by atoms with Crippen LogP contribution in [0, 0.1) is 0 Å². The third-order valence-electron chi connectivity index (χ3n) is 4.89. The number of likely N-dealkylation sites (tertiary alicyclic amines) is 1. The number of fused-ring (bicyclic) bond motifs is 1. The van der Waals surface area contributed by atoms with Gasteiger partial charge in [0.2, 0.25) is 0 Å². The van der Waals surface area contributed by atoms with Gasteiger partial charge in [-0.2, -0.15) is 0 Å². The summed E-state index contributed by atoms with van der Waals surface area (Å²) in [5.41, 5.74) is 0.900. The number of nitrogens with zero attached hydrogens (tertiary/aromatic N) is 5. The molecular weight excluding hydrogens is 278 g/mol. The highest BCUT2D eigenvalue weighted by Gasteiger charge is 2.30. The summed E-state index contributed by atoms with van der Waals surface area (Å²) in [6, 6.07) is 2.59. The van der Waals surface area contributed by atoms with Gasteiger partial charge in [0, 0.05) is 43.8 Å². The minimum absolute atomic E-state index is 0.128. The first-order chi connectivity index (χ1) is 10.8. The number of pyridine rings is 1. The highest BCUT2D eigenvalue weighted by Crippen LogP contribution is 2.27. The smallest absolute Gasteiger partial charge is 0.139 e. The van der Waals surface area contributed by atoms with Gasteiger partial charge in [-0.25, -0.2) is 9.97 Å². The van der Waals surface area contributed by atoms with E-state index in [9.17, 15) is 5.11 Å². The van der Waals surface area contributed by atoms with E-state index < -0.39 is 0 Å². The van der Waals surface area contributed by atoms with E-state index in [0.717, 1.165) is 62.2 Å². The molecule has 1 N–H and O–H groups in total. The topological polar surface area (TPSA) is 65.4 Å². The van der Waals surface area contributed by atoms with E-state index in [-0.39, 0.29) is 6.10 Å². The Hall–Kier alpha value is -1.79. The van der Waals surface area contributed by atoms with Crippen LogP contribution in [0.15, 0.2) is 24.8 Å². The van der Waals surface area contributed by atoms with Crippen LogP contribution in [-0.2, 0) is 0 Å². The zero-order chi connectivity index (χ0) is 14.9. The van der Waals surface area contributed by atoms with E-state index in [2.05, 4.69) is 24.8 Å². The maximum atomic E-state index is 9.70. The molecule has 4 heterocycles.